The zero-order valence-electron chi connectivity index (χ0n) is 3.75. The first kappa shape index (κ1) is 16.6. The van der Waals surface area contributed by atoms with Crippen molar-refractivity contribution in [3.05, 3.63) is 0 Å². The molecule has 0 atom stereocenters. The Bertz CT molecular complexity index is 122. The van der Waals surface area contributed by atoms with Crippen molar-refractivity contribution in [3.63, 3.8) is 0 Å². The minimum atomic E-state index is -4.32. The van der Waals surface area contributed by atoms with Crippen molar-refractivity contribution in [1.82, 2.24) is 0 Å². The van der Waals surface area contributed by atoms with E-state index in [0.717, 1.165) is 0 Å². The van der Waals surface area contributed by atoms with Gasteiger partial charge in [0, 0.05) is 0 Å². The summed E-state index contributed by atoms with van der Waals surface area (Å²) in [5, 5.41) is 13.7. The van der Waals surface area contributed by atoms with E-state index in [-0.39, 0.29) is 103 Å². The summed E-state index contributed by atoms with van der Waals surface area (Å²) in [6.45, 7) is 0. The van der Waals surface area contributed by atoms with E-state index in [1.54, 1.807) is 0 Å². The van der Waals surface area contributed by atoms with Crippen LogP contribution in [0.5, 0.6) is 0 Å². The van der Waals surface area contributed by atoms with Gasteiger partial charge in [-0.15, -0.1) is 0 Å². The molecular weight excluding hydrogens is 237 g/mol. The molecule has 0 amide bonds. The summed E-state index contributed by atoms with van der Waals surface area (Å²) in [6.07, 6.45) is 0. The van der Waals surface area contributed by atoms with E-state index in [0.29, 0.717) is 0 Å². The summed E-state index contributed by atoms with van der Waals surface area (Å²) < 4.78 is 17.2. The van der Waals surface area contributed by atoms with E-state index in [9.17, 15) is 4.57 Å². The maximum absolute atomic E-state index is 10.2. The Morgan fingerprint density at radius 1 is 0.909 bits per heavy atom. The average Bonchev–Trinajstić information content (AvgIpc) is 1.92. The third-order valence-corrected chi connectivity index (χ3v) is 0.831. The normalized spacial score (nSPS) is 22.3. The third-order valence-electron chi connectivity index (χ3n) is 0.333. The molecule has 0 aromatic heterocycles. The zero-order valence-corrected chi connectivity index (χ0v) is 4.65. The first-order chi connectivity index (χ1) is 4.21. The van der Waals surface area contributed by atoms with Crippen molar-refractivity contribution in [2.75, 3.05) is 0 Å². The monoisotopic (exact) mass is 240 g/mol. The second kappa shape index (κ2) is 8.52. The van der Waals surface area contributed by atoms with Gasteiger partial charge in [0.2, 0.25) is 0 Å². The van der Waals surface area contributed by atoms with Gasteiger partial charge in [0.1, 0.15) is 0 Å². The van der Waals surface area contributed by atoms with Gasteiger partial charge in [0.05, 0.1) is 0 Å². The Labute approximate surface area is 146 Å². The number of hydrogen-bond acceptors (Lipinski definition) is 7. The summed E-state index contributed by atoms with van der Waals surface area (Å²) in [6, 6.07) is 0. The van der Waals surface area contributed by atoms with Gasteiger partial charge in [0.25, 0.3) is 0 Å². The van der Waals surface area contributed by atoms with Gasteiger partial charge in [-0.2, -0.15) is 0 Å². The SMILES string of the molecule is O=P1(O)OOOOOO1.[KH].[KH]. The van der Waals surface area contributed by atoms with Gasteiger partial charge in [-0.3, -0.25) is 4.89 Å². The molecule has 11 heavy (non-hydrogen) atoms. The van der Waals surface area contributed by atoms with Crippen LogP contribution in [0.1, 0.15) is 0 Å². The molecule has 1 aliphatic heterocycles. The van der Waals surface area contributed by atoms with Crippen LogP contribution in [0, 0.1) is 0 Å². The fourth-order valence-corrected chi connectivity index (χ4v) is 0.365. The molecule has 0 aromatic rings. The van der Waals surface area contributed by atoms with Crippen molar-refractivity contribution >= 4 is 111 Å². The number of rotatable bonds is 0. The van der Waals surface area contributed by atoms with Crippen molar-refractivity contribution in [2.24, 2.45) is 0 Å². The Balaban J connectivity index is 0. The predicted molar refractivity (Wildman–Crippen MR) is 30.6 cm³/mol. The van der Waals surface area contributed by atoms with Crippen LogP contribution < -0.4 is 0 Å². The average molecular weight is 240 g/mol. The van der Waals surface area contributed by atoms with Crippen molar-refractivity contribution in [2.45, 2.75) is 0 Å². The van der Waals surface area contributed by atoms with Gasteiger partial charge in [-0.1, -0.05) is 9.35 Å². The van der Waals surface area contributed by atoms with Crippen LogP contribution in [0.3, 0.4) is 0 Å². The van der Waals surface area contributed by atoms with Crippen molar-refractivity contribution in [3.8, 4) is 0 Å². The molecule has 0 aliphatic carbocycles. The fraction of sp³-hybridized carbons (Fsp3) is 0. The molecule has 1 aliphatic rings. The standard InChI is InChI=1S/2K.HO8P.2H/c;;1-9(2)7-5-3-4-6-8-9;;/h;;(H,1,2);;. The Hall–Kier alpha value is 3.22. The molecule has 0 bridgehead atoms. The van der Waals surface area contributed by atoms with E-state index >= 15 is 0 Å². The third kappa shape index (κ3) is 8.23. The van der Waals surface area contributed by atoms with Crippen LogP contribution in [0.15, 0.2) is 0 Å². The van der Waals surface area contributed by atoms with Gasteiger partial charge in [-0.25, -0.2) is 4.57 Å². The summed E-state index contributed by atoms with van der Waals surface area (Å²) in [5.74, 6) is 0. The number of hydrogen-bond donors (Lipinski definition) is 1. The minimum absolute atomic E-state index is 0. The van der Waals surface area contributed by atoms with Crippen molar-refractivity contribution in [1.29, 1.82) is 0 Å². The van der Waals surface area contributed by atoms with E-state index in [4.69, 9.17) is 4.89 Å². The molecule has 0 unspecified atom stereocenters. The topological polar surface area (TPSA) is 92.7 Å². The molecular formula is H3K2O8P. The van der Waals surface area contributed by atoms with Crippen molar-refractivity contribution < 1.29 is 39.0 Å². The van der Waals surface area contributed by atoms with Crippen LogP contribution in [0.2, 0.25) is 0 Å². The summed E-state index contributed by atoms with van der Waals surface area (Å²) >= 11 is 0. The molecule has 0 saturated carbocycles. The molecule has 0 spiro atoms. The first-order valence-electron chi connectivity index (χ1n) is 1.58. The molecule has 0 aromatic carbocycles. The van der Waals surface area contributed by atoms with E-state index < -0.39 is 7.82 Å². The Kier molecular flexibility index (Phi) is 12.9. The summed E-state index contributed by atoms with van der Waals surface area (Å²) in [4.78, 5) is 8.26. The molecule has 11 heteroatoms. The summed E-state index contributed by atoms with van der Waals surface area (Å²) in [7, 11) is -4.32. The molecule has 1 N–H and O–H groups in total. The quantitative estimate of drug-likeness (QED) is 0.310. The number of phosphoric acid groups is 1. The summed E-state index contributed by atoms with van der Waals surface area (Å²) in [5.41, 5.74) is 0. The van der Waals surface area contributed by atoms with Crippen LogP contribution in [0.4, 0.5) is 0 Å². The fourth-order valence-electron chi connectivity index (χ4n) is 0.137. The second-order valence-electron chi connectivity index (χ2n) is 0.890. The Morgan fingerprint density at radius 2 is 1.27 bits per heavy atom. The van der Waals surface area contributed by atoms with E-state index in [1.165, 1.54) is 0 Å². The zero-order chi connectivity index (χ0) is 6.74. The molecule has 1 fully saturated rings. The van der Waals surface area contributed by atoms with Crippen LogP contribution in [0.25, 0.3) is 0 Å². The molecule has 1 rings (SSSR count). The van der Waals surface area contributed by atoms with Gasteiger partial charge >= 0.3 is 111 Å². The molecule has 58 valence electrons. The van der Waals surface area contributed by atoms with E-state index in [2.05, 4.69) is 29.5 Å². The first-order valence-corrected chi connectivity index (χ1v) is 3.08. The predicted octanol–water partition coefficient (Wildman–Crippen LogP) is -1.52. The van der Waals surface area contributed by atoms with Crippen LogP contribution in [-0.2, 0) is 34.1 Å². The molecule has 1 heterocycles. The molecule has 8 nitrogen and oxygen atoms in total. The van der Waals surface area contributed by atoms with E-state index in [1.807, 2.05) is 0 Å². The van der Waals surface area contributed by atoms with Gasteiger partial charge in [-0.05, 0) is 20.2 Å². The van der Waals surface area contributed by atoms with Crippen LogP contribution in [-0.4, -0.2) is 108 Å². The van der Waals surface area contributed by atoms with Crippen LogP contribution >= 0.6 is 7.82 Å². The maximum atomic E-state index is 10.2. The Morgan fingerprint density at radius 3 is 1.64 bits per heavy atom. The van der Waals surface area contributed by atoms with Gasteiger partial charge in [0.15, 0.2) is 0 Å². The second-order valence-corrected chi connectivity index (χ2v) is 2.13. The molecule has 0 radical (unpaired) electrons. The van der Waals surface area contributed by atoms with Gasteiger partial charge < -0.3 is 0 Å². The molecule has 1 saturated heterocycles.